The van der Waals surface area contributed by atoms with Crippen LogP contribution >= 0.6 is 0 Å². The van der Waals surface area contributed by atoms with E-state index in [2.05, 4.69) is 6.92 Å². The number of fused-ring (bicyclic) bond motifs is 1. The zero-order chi connectivity index (χ0) is 14.8. The van der Waals surface area contributed by atoms with Crippen LogP contribution in [0.4, 0.5) is 4.79 Å². The molecule has 4 heteroatoms. The lowest BCUT2D eigenvalue weighted by molar-refractivity contribution is 0.0262. The molecule has 0 radical (unpaired) electrons. The first-order valence-electron chi connectivity index (χ1n) is 7.96. The fraction of sp³-hybridized carbons (Fsp3) is 0.938. The minimum absolute atomic E-state index is 0.151. The molecule has 3 unspecified atom stereocenters. The van der Waals surface area contributed by atoms with Gasteiger partial charge in [-0.15, -0.1) is 0 Å². The molecule has 0 aromatic heterocycles. The van der Waals surface area contributed by atoms with E-state index < -0.39 is 5.60 Å². The van der Waals surface area contributed by atoms with Crippen molar-refractivity contribution in [3.05, 3.63) is 0 Å². The maximum atomic E-state index is 12.2. The predicted molar refractivity (Wildman–Crippen MR) is 78.6 cm³/mol. The number of nitrogens with zero attached hydrogens (tertiary/aromatic N) is 1. The van der Waals surface area contributed by atoms with E-state index in [0.29, 0.717) is 17.8 Å². The topological polar surface area (TPSA) is 38.8 Å². The minimum atomic E-state index is -0.409. The highest BCUT2D eigenvalue weighted by atomic mass is 16.6. The molecule has 3 atom stereocenters. The third-order valence-corrected chi connectivity index (χ3v) is 4.37. The number of amides is 1. The van der Waals surface area contributed by atoms with E-state index in [9.17, 15) is 4.79 Å². The second-order valence-electron chi connectivity index (χ2n) is 7.22. The van der Waals surface area contributed by atoms with Crippen LogP contribution < -0.4 is 0 Å². The first kappa shape index (κ1) is 15.6. The maximum Gasteiger partial charge on any atom is 0.410 e. The van der Waals surface area contributed by atoms with E-state index >= 15 is 0 Å². The standard InChI is InChI=1S/C16H29NO3/c1-5-6-13-11-19-8-7-12-9-17(10-14(12)13)15(18)20-16(2,3)4/h12-14H,5-11H2,1-4H3. The van der Waals surface area contributed by atoms with Crippen LogP contribution in [-0.2, 0) is 9.47 Å². The van der Waals surface area contributed by atoms with Crippen LogP contribution in [0, 0.1) is 17.8 Å². The molecule has 0 aliphatic carbocycles. The molecule has 0 aromatic rings. The molecule has 0 aromatic carbocycles. The number of hydrogen-bond acceptors (Lipinski definition) is 3. The fourth-order valence-corrected chi connectivity index (χ4v) is 3.47. The Balaban J connectivity index is 1.99. The summed E-state index contributed by atoms with van der Waals surface area (Å²) in [6, 6.07) is 0. The van der Waals surface area contributed by atoms with Crippen LogP contribution in [0.5, 0.6) is 0 Å². The van der Waals surface area contributed by atoms with Crippen LogP contribution in [0.25, 0.3) is 0 Å². The van der Waals surface area contributed by atoms with E-state index in [1.54, 1.807) is 0 Å². The Labute approximate surface area is 122 Å². The van der Waals surface area contributed by atoms with Gasteiger partial charge in [0.2, 0.25) is 0 Å². The van der Waals surface area contributed by atoms with Crippen molar-refractivity contribution < 1.29 is 14.3 Å². The summed E-state index contributed by atoms with van der Waals surface area (Å²) in [4.78, 5) is 14.1. The fourth-order valence-electron chi connectivity index (χ4n) is 3.47. The third-order valence-electron chi connectivity index (χ3n) is 4.37. The number of rotatable bonds is 2. The van der Waals surface area contributed by atoms with Gasteiger partial charge < -0.3 is 14.4 Å². The number of likely N-dealkylation sites (tertiary alicyclic amines) is 1. The van der Waals surface area contributed by atoms with Crippen LogP contribution in [-0.4, -0.2) is 42.9 Å². The Morgan fingerprint density at radius 3 is 2.75 bits per heavy atom. The summed E-state index contributed by atoms with van der Waals surface area (Å²) in [7, 11) is 0. The summed E-state index contributed by atoms with van der Waals surface area (Å²) in [5.41, 5.74) is -0.409. The molecule has 2 saturated heterocycles. The van der Waals surface area contributed by atoms with Crippen LogP contribution in [0.1, 0.15) is 47.0 Å². The largest absolute Gasteiger partial charge is 0.444 e. The Morgan fingerprint density at radius 1 is 1.35 bits per heavy atom. The Bertz CT molecular complexity index is 337. The van der Waals surface area contributed by atoms with Gasteiger partial charge in [0.25, 0.3) is 0 Å². The molecule has 0 bridgehead atoms. The van der Waals surface area contributed by atoms with Gasteiger partial charge in [-0.3, -0.25) is 0 Å². The monoisotopic (exact) mass is 283 g/mol. The van der Waals surface area contributed by atoms with Crippen molar-refractivity contribution in [3.63, 3.8) is 0 Å². The molecule has 20 heavy (non-hydrogen) atoms. The normalized spacial score (nSPS) is 30.8. The molecule has 0 N–H and O–H groups in total. The highest BCUT2D eigenvalue weighted by molar-refractivity contribution is 5.68. The summed E-state index contributed by atoms with van der Waals surface area (Å²) < 4.78 is 11.2. The smallest absolute Gasteiger partial charge is 0.410 e. The minimum Gasteiger partial charge on any atom is -0.444 e. The van der Waals surface area contributed by atoms with Crippen molar-refractivity contribution in [3.8, 4) is 0 Å². The molecule has 2 aliphatic heterocycles. The lowest BCUT2D eigenvalue weighted by Crippen LogP contribution is -2.36. The average molecular weight is 283 g/mol. The van der Waals surface area contributed by atoms with Crippen molar-refractivity contribution in [2.24, 2.45) is 17.8 Å². The van der Waals surface area contributed by atoms with E-state index in [1.807, 2.05) is 25.7 Å². The van der Waals surface area contributed by atoms with Crippen molar-refractivity contribution >= 4 is 6.09 Å². The summed E-state index contributed by atoms with van der Waals surface area (Å²) in [5, 5.41) is 0. The van der Waals surface area contributed by atoms with E-state index in [4.69, 9.17) is 9.47 Å². The Hall–Kier alpha value is -0.770. The van der Waals surface area contributed by atoms with Gasteiger partial charge in [0.1, 0.15) is 5.60 Å². The van der Waals surface area contributed by atoms with E-state index in [0.717, 1.165) is 32.7 Å². The summed E-state index contributed by atoms with van der Waals surface area (Å²) in [5.74, 6) is 1.77. The highest BCUT2D eigenvalue weighted by Gasteiger charge is 2.41. The van der Waals surface area contributed by atoms with Crippen molar-refractivity contribution in [2.45, 2.75) is 52.6 Å². The van der Waals surface area contributed by atoms with Crippen LogP contribution in [0.15, 0.2) is 0 Å². The molecular formula is C16H29NO3. The Kier molecular flexibility index (Phi) is 4.95. The lowest BCUT2D eigenvalue weighted by Gasteiger charge is -2.26. The molecule has 2 rings (SSSR count). The van der Waals surface area contributed by atoms with Gasteiger partial charge in [-0.25, -0.2) is 4.79 Å². The molecular weight excluding hydrogens is 254 g/mol. The zero-order valence-corrected chi connectivity index (χ0v) is 13.4. The predicted octanol–water partition coefficient (Wildman–Crippen LogP) is 3.31. The van der Waals surface area contributed by atoms with Crippen molar-refractivity contribution in [2.75, 3.05) is 26.3 Å². The maximum absolute atomic E-state index is 12.2. The molecule has 116 valence electrons. The number of ether oxygens (including phenoxy) is 2. The zero-order valence-electron chi connectivity index (χ0n) is 13.4. The molecule has 0 saturated carbocycles. The SMILES string of the molecule is CCCC1COCCC2CN(C(=O)OC(C)(C)C)CC12. The summed E-state index contributed by atoms with van der Waals surface area (Å²) in [6.45, 7) is 11.4. The molecule has 0 spiro atoms. The second kappa shape index (κ2) is 6.33. The molecule has 4 nitrogen and oxygen atoms in total. The molecule has 2 fully saturated rings. The Morgan fingerprint density at radius 2 is 2.10 bits per heavy atom. The van der Waals surface area contributed by atoms with Gasteiger partial charge in [0, 0.05) is 26.3 Å². The molecule has 1 amide bonds. The van der Waals surface area contributed by atoms with Crippen molar-refractivity contribution in [1.82, 2.24) is 4.90 Å². The quantitative estimate of drug-likeness (QED) is 0.780. The lowest BCUT2D eigenvalue weighted by atomic mass is 9.81. The van der Waals surface area contributed by atoms with Gasteiger partial charge in [0.05, 0.1) is 0 Å². The third kappa shape index (κ3) is 3.87. The molecule has 2 heterocycles. The van der Waals surface area contributed by atoms with Crippen molar-refractivity contribution in [1.29, 1.82) is 0 Å². The number of hydrogen-bond donors (Lipinski definition) is 0. The van der Waals surface area contributed by atoms with Gasteiger partial charge >= 0.3 is 6.09 Å². The number of carbonyl (C=O) groups excluding carboxylic acids is 1. The second-order valence-corrected chi connectivity index (χ2v) is 7.22. The van der Waals surface area contributed by atoms with E-state index in [-0.39, 0.29) is 6.09 Å². The van der Waals surface area contributed by atoms with E-state index in [1.165, 1.54) is 12.8 Å². The van der Waals surface area contributed by atoms with Crippen LogP contribution in [0.2, 0.25) is 0 Å². The first-order chi connectivity index (χ1) is 9.40. The summed E-state index contributed by atoms with van der Waals surface area (Å²) in [6.07, 6.45) is 3.30. The van der Waals surface area contributed by atoms with Gasteiger partial charge in [-0.2, -0.15) is 0 Å². The number of carbonyl (C=O) groups is 1. The molecule has 2 aliphatic rings. The van der Waals surface area contributed by atoms with Gasteiger partial charge in [-0.05, 0) is 51.4 Å². The average Bonchev–Trinajstić information content (AvgIpc) is 2.67. The summed E-state index contributed by atoms with van der Waals surface area (Å²) >= 11 is 0. The van der Waals surface area contributed by atoms with Gasteiger partial charge in [-0.1, -0.05) is 13.3 Å². The highest BCUT2D eigenvalue weighted by Crippen LogP contribution is 2.37. The first-order valence-corrected chi connectivity index (χ1v) is 7.96. The van der Waals surface area contributed by atoms with Gasteiger partial charge in [0.15, 0.2) is 0 Å². The van der Waals surface area contributed by atoms with Crippen LogP contribution in [0.3, 0.4) is 0 Å².